The molecular weight excluding hydrogens is 278 g/mol. The molecule has 1 saturated carbocycles. The fourth-order valence-electron chi connectivity index (χ4n) is 1.79. The van der Waals surface area contributed by atoms with E-state index in [0.29, 0.717) is 5.56 Å². The summed E-state index contributed by atoms with van der Waals surface area (Å²) in [6.07, 6.45) is -4.13. The number of nitrogens with zero attached hydrogens (tertiary/aromatic N) is 1. The molecule has 1 aromatic rings. The van der Waals surface area contributed by atoms with Crippen LogP contribution < -0.4 is 0 Å². The molecule has 1 amide bonds. The molecule has 0 bridgehead atoms. The van der Waals surface area contributed by atoms with Gasteiger partial charge in [0, 0.05) is 12.6 Å². The zero-order valence-corrected chi connectivity index (χ0v) is 10.5. The van der Waals surface area contributed by atoms with E-state index in [0.717, 1.165) is 12.8 Å². The number of carbonyl (C=O) groups excluding carboxylic acids is 1. The molecule has 1 aromatic carbocycles. The third kappa shape index (κ3) is 4.40. The molecule has 0 spiro atoms. The molecule has 3 nitrogen and oxygen atoms in total. The lowest BCUT2D eigenvalue weighted by molar-refractivity contribution is -0.162. The summed E-state index contributed by atoms with van der Waals surface area (Å²) in [6.45, 7) is -1.57. The van der Waals surface area contributed by atoms with Crippen molar-refractivity contribution in [2.75, 3.05) is 6.61 Å². The lowest BCUT2D eigenvalue weighted by Crippen LogP contribution is -2.35. The van der Waals surface area contributed by atoms with Gasteiger partial charge in [-0.3, -0.25) is 0 Å². The number of hydrogen-bond donors (Lipinski definition) is 0. The molecule has 2 rings (SSSR count). The van der Waals surface area contributed by atoms with Crippen molar-refractivity contribution in [1.82, 2.24) is 4.90 Å². The van der Waals surface area contributed by atoms with Gasteiger partial charge in [-0.25, -0.2) is 9.18 Å². The first-order chi connectivity index (χ1) is 9.35. The van der Waals surface area contributed by atoms with E-state index >= 15 is 0 Å². The van der Waals surface area contributed by atoms with Crippen LogP contribution in [0.15, 0.2) is 24.3 Å². The maximum Gasteiger partial charge on any atom is 0.422 e. The van der Waals surface area contributed by atoms with E-state index in [9.17, 15) is 22.4 Å². The second-order valence-corrected chi connectivity index (χ2v) is 4.66. The monoisotopic (exact) mass is 291 g/mol. The van der Waals surface area contributed by atoms with E-state index in [2.05, 4.69) is 4.74 Å². The summed E-state index contributed by atoms with van der Waals surface area (Å²) in [6, 6.07) is 5.46. The highest BCUT2D eigenvalue weighted by Crippen LogP contribution is 2.29. The molecule has 0 unspecified atom stereocenters. The zero-order chi connectivity index (χ0) is 14.8. The largest absolute Gasteiger partial charge is 0.440 e. The van der Waals surface area contributed by atoms with Gasteiger partial charge >= 0.3 is 12.3 Å². The summed E-state index contributed by atoms with van der Waals surface area (Å²) in [5.74, 6) is -0.457. The summed E-state index contributed by atoms with van der Waals surface area (Å²) in [5.41, 5.74) is 0.515. The third-order valence-corrected chi connectivity index (χ3v) is 2.82. The summed E-state index contributed by atoms with van der Waals surface area (Å²) in [5, 5.41) is 0. The Kier molecular flexibility index (Phi) is 4.15. The van der Waals surface area contributed by atoms with Crippen molar-refractivity contribution in [2.45, 2.75) is 31.6 Å². The first-order valence-electron chi connectivity index (χ1n) is 6.10. The number of amides is 1. The zero-order valence-electron chi connectivity index (χ0n) is 10.5. The predicted octanol–water partition coefficient (Wildman–Crippen LogP) is 3.49. The maximum absolute atomic E-state index is 13.1. The summed E-state index contributed by atoms with van der Waals surface area (Å²) >= 11 is 0. The van der Waals surface area contributed by atoms with Crippen LogP contribution >= 0.6 is 0 Å². The van der Waals surface area contributed by atoms with Crippen molar-refractivity contribution in [1.29, 1.82) is 0 Å². The molecular formula is C13H13F4NO2. The Morgan fingerprint density at radius 2 is 2.05 bits per heavy atom. The molecule has 0 saturated heterocycles. The molecule has 0 aliphatic heterocycles. The van der Waals surface area contributed by atoms with Gasteiger partial charge in [-0.1, -0.05) is 12.1 Å². The van der Waals surface area contributed by atoms with Gasteiger partial charge < -0.3 is 9.64 Å². The smallest absolute Gasteiger partial charge is 0.422 e. The van der Waals surface area contributed by atoms with E-state index in [1.54, 1.807) is 6.07 Å². The lowest BCUT2D eigenvalue weighted by atomic mass is 10.2. The van der Waals surface area contributed by atoms with Crippen molar-refractivity contribution in [3.63, 3.8) is 0 Å². The highest BCUT2D eigenvalue weighted by atomic mass is 19.4. The number of rotatable bonds is 4. The van der Waals surface area contributed by atoms with Gasteiger partial charge in [0.25, 0.3) is 0 Å². The standard InChI is InChI=1S/C13H13F4NO2/c14-10-3-1-2-9(6-10)7-18(11-4-5-11)12(19)20-8-13(15,16)17/h1-3,6,11H,4-5,7-8H2. The molecule has 0 N–H and O–H groups in total. The molecule has 0 atom stereocenters. The molecule has 1 aliphatic carbocycles. The molecule has 0 heterocycles. The van der Waals surface area contributed by atoms with Crippen LogP contribution in [0.5, 0.6) is 0 Å². The molecule has 20 heavy (non-hydrogen) atoms. The highest BCUT2D eigenvalue weighted by Gasteiger charge is 2.36. The molecule has 0 aromatic heterocycles. The molecule has 0 radical (unpaired) electrons. The van der Waals surface area contributed by atoms with E-state index in [-0.39, 0.29) is 12.6 Å². The van der Waals surface area contributed by atoms with E-state index in [1.807, 2.05) is 0 Å². The fourth-order valence-corrected chi connectivity index (χ4v) is 1.79. The third-order valence-electron chi connectivity index (χ3n) is 2.82. The number of carbonyl (C=O) groups is 1. The summed E-state index contributed by atoms with van der Waals surface area (Å²) < 4.78 is 53.4. The summed E-state index contributed by atoms with van der Waals surface area (Å²) in [7, 11) is 0. The van der Waals surface area contributed by atoms with Crippen molar-refractivity contribution in [2.24, 2.45) is 0 Å². The minimum Gasteiger partial charge on any atom is -0.440 e. The minimum absolute atomic E-state index is 0.0408. The Bertz CT molecular complexity index is 486. The SMILES string of the molecule is O=C(OCC(F)(F)F)N(Cc1cccc(F)c1)C1CC1. The first kappa shape index (κ1) is 14.6. The molecule has 1 fully saturated rings. The van der Waals surface area contributed by atoms with Crippen LogP contribution in [0, 0.1) is 5.82 Å². The average Bonchev–Trinajstić information content (AvgIpc) is 3.16. The van der Waals surface area contributed by atoms with Crippen molar-refractivity contribution >= 4 is 6.09 Å². The van der Waals surface area contributed by atoms with E-state index < -0.39 is 24.7 Å². The predicted molar refractivity (Wildman–Crippen MR) is 62.4 cm³/mol. The normalized spacial score (nSPS) is 15.0. The minimum atomic E-state index is -4.55. The van der Waals surface area contributed by atoms with E-state index in [4.69, 9.17) is 0 Å². The van der Waals surface area contributed by atoms with Crippen molar-refractivity contribution in [3.8, 4) is 0 Å². The van der Waals surface area contributed by atoms with Crippen LogP contribution in [0.2, 0.25) is 0 Å². The first-order valence-corrected chi connectivity index (χ1v) is 6.10. The van der Waals surface area contributed by atoms with Crippen LogP contribution in [0.3, 0.4) is 0 Å². The topological polar surface area (TPSA) is 29.5 Å². The van der Waals surface area contributed by atoms with Gasteiger partial charge in [0.15, 0.2) is 6.61 Å². The highest BCUT2D eigenvalue weighted by molar-refractivity contribution is 5.68. The van der Waals surface area contributed by atoms with Gasteiger partial charge in [0.2, 0.25) is 0 Å². The number of halogens is 4. The Hall–Kier alpha value is -1.79. The van der Waals surface area contributed by atoms with Gasteiger partial charge in [-0.15, -0.1) is 0 Å². The number of ether oxygens (including phenoxy) is 1. The maximum atomic E-state index is 13.1. The van der Waals surface area contributed by atoms with Gasteiger partial charge in [-0.05, 0) is 30.5 Å². The van der Waals surface area contributed by atoms with Crippen molar-refractivity contribution in [3.05, 3.63) is 35.6 Å². The second kappa shape index (κ2) is 5.68. The number of hydrogen-bond acceptors (Lipinski definition) is 2. The lowest BCUT2D eigenvalue weighted by Gasteiger charge is -2.22. The molecule has 110 valence electrons. The van der Waals surface area contributed by atoms with Gasteiger partial charge in [-0.2, -0.15) is 13.2 Å². The Balaban J connectivity index is 1.98. The number of alkyl halides is 3. The van der Waals surface area contributed by atoms with Gasteiger partial charge in [0.05, 0.1) is 0 Å². The molecule has 7 heteroatoms. The van der Waals surface area contributed by atoms with Gasteiger partial charge in [0.1, 0.15) is 5.82 Å². The van der Waals surface area contributed by atoms with E-state index in [1.165, 1.54) is 23.1 Å². The van der Waals surface area contributed by atoms with Crippen molar-refractivity contribution < 1.29 is 27.1 Å². The van der Waals surface area contributed by atoms with Crippen LogP contribution in [0.4, 0.5) is 22.4 Å². The van der Waals surface area contributed by atoms with Crippen LogP contribution in [-0.2, 0) is 11.3 Å². The van der Waals surface area contributed by atoms with Crippen LogP contribution in [0.25, 0.3) is 0 Å². The second-order valence-electron chi connectivity index (χ2n) is 4.66. The summed E-state index contributed by atoms with van der Waals surface area (Å²) in [4.78, 5) is 12.9. The number of benzene rings is 1. The van der Waals surface area contributed by atoms with Crippen LogP contribution in [-0.4, -0.2) is 29.8 Å². The Labute approximate surface area is 113 Å². The Morgan fingerprint density at radius 3 is 2.60 bits per heavy atom. The fraction of sp³-hybridized carbons (Fsp3) is 0.462. The Morgan fingerprint density at radius 1 is 1.35 bits per heavy atom. The molecule has 1 aliphatic rings. The van der Waals surface area contributed by atoms with Crippen LogP contribution in [0.1, 0.15) is 18.4 Å². The average molecular weight is 291 g/mol. The quantitative estimate of drug-likeness (QED) is 0.795.